The van der Waals surface area contributed by atoms with Gasteiger partial charge < -0.3 is 9.88 Å². The summed E-state index contributed by atoms with van der Waals surface area (Å²) in [6.45, 7) is 6.67. The number of nitrogens with one attached hydrogen (secondary N) is 1. The fourth-order valence-electron chi connectivity index (χ4n) is 4.71. The van der Waals surface area contributed by atoms with Crippen LogP contribution in [0.25, 0.3) is 22.2 Å². The normalized spacial score (nSPS) is 18.4. The molecule has 0 bridgehead atoms. The molecule has 1 saturated heterocycles. The lowest BCUT2D eigenvalue weighted by molar-refractivity contribution is 0.0606. The molecule has 3 heterocycles. The molecule has 4 aromatic rings. The molecular weight excluding hydrogens is 420 g/mol. The Morgan fingerprint density at radius 1 is 1.16 bits per heavy atom. The molecule has 0 spiro atoms. The van der Waals surface area contributed by atoms with Gasteiger partial charge in [-0.2, -0.15) is 0 Å². The summed E-state index contributed by atoms with van der Waals surface area (Å²) in [5, 5.41) is 0.694. The number of carbonyl (C=O) groups excluding carboxylic acids is 1. The van der Waals surface area contributed by atoms with Gasteiger partial charge in [0.15, 0.2) is 0 Å². The molecule has 2 aromatic heterocycles. The van der Waals surface area contributed by atoms with Crippen LogP contribution in [-0.4, -0.2) is 32.3 Å². The summed E-state index contributed by atoms with van der Waals surface area (Å²) in [7, 11) is 0. The molecule has 1 amide bonds. The summed E-state index contributed by atoms with van der Waals surface area (Å²) in [6, 6.07) is 15.7. The number of likely N-dealkylation sites (tertiary alicyclic amines) is 1. The van der Waals surface area contributed by atoms with Gasteiger partial charge in [-0.15, -0.1) is 0 Å². The van der Waals surface area contributed by atoms with Gasteiger partial charge in [-0.05, 0) is 62.9 Å². The number of imidazole rings is 1. The summed E-state index contributed by atoms with van der Waals surface area (Å²) >= 11 is 6.32. The zero-order valence-corrected chi connectivity index (χ0v) is 19.2. The van der Waals surface area contributed by atoms with Gasteiger partial charge in [0.25, 0.3) is 5.91 Å². The van der Waals surface area contributed by atoms with Crippen molar-refractivity contribution in [2.75, 3.05) is 6.54 Å². The lowest BCUT2D eigenvalue weighted by atomic mass is 9.95. The van der Waals surface area contributed by atoms with Crippen molar-refractivity contribution in [1.82, 2.24) is 19.9 Å². The second kappa shape index (κ2) is 7.75. The molecule has 1 N–H and O–H groups in total. The van der Waals surface area contributed by atoms with Gasteiger partial charge in [0, 0.05) is 29.0 Å². The van der Waals surface area contributed by atoms with Crippen molar-refractivity contribution in [3.05, 3.63) is 82.4 Å². The number of carbonyl (C=O) groups is 1. The standard InChI is InChI=1S/C26H25ClN4O/c1-16-14-19(20(15-28-16)18-8-5-4-6-9-18)24(32)31-13-7-12-26(31,3)25-29-22-11-10-21(27)17(2)23(22)30-25/h4-6,8-11,14-15H,7,12-13H2,1-3H3,(H,29,30). The second-order valence-corrected chi connectivity index (χ2v) is 9.13. The number of benzene rings is 2. The van der Waals surface area contributed by atoms with E-state index in [4.69, 9.17) is 16.6 Å². The Balaban J connectivity index is 1.59. The second-order valence-electron chi connectivity index (χ2n) is 8.73. The molecule has 32 heavy (non-hydrogen) atoms. The Hall–Kier alpha value is -3.18. The monoisotopic (exact) mass is 444 g/mol. The fraction of sp³-hybridized carbons (Fsp3) is 0.269. The third-order valence-electron chi connectivity index (χ3n) is 6.59. The van der Waals surface area contributed by atoms with E-state index < -0.39 is 5.54 Å². The molecule has 2 aromatic carbocycles. The van der Waals surface area contributed by atoms with E-state index in [0.717, 1.165) is 52.1 Å². The maximum absolute atomic E-state index is 14.0. The summed E-state index contributed by atoms with van der Waals surface area (Å²) in [5.74, 6) is 0.806. The van der Waals surface area contributed by atoms with Crippen LogP contribution in [0.2, 0.25) is 5.02 Å². The Morgan fingerprint density at radius 3 is 2.72 bits per heavy atom. The van der Waals surface area contributed by atoms with Gasteiger partial charge in [0.2, 0.25) is 0 Å². The maximum Gasteiger partial charge on any atom is 0.255 e. The Kier molecular flexibility index (Phi) is 5.01. The fourth-order valence-corrected chi connectivity index (χ4v) is 4.86. The highest BCUT2D eigenvalue weighted by atomic mass is 35.5. The van der Waals surface area contributed by atoms with Crippen LogP contribution in [0.3, 0.4) is 0 Å². The van der Waals surface area contributed by atoms with Crippen LogP contribution in [0.5, 0.6) is 0 Å². The number of hydrogen-bond donors (Lipinski definition) is 1. The first kappa shape index (κ1) is 20.7. The number of amides is 1. The van der Waals surface area contributed by atoms with E-state index in [2.05, 4.69) is 16.9 Å². The van der Waals surface area contributed by atoms with Crippen molar-refractivity contribution in [2.45, 2.75) is 39.2 Å². The minimum atomic E-state index is -0.528. The topological polar surface area (TPSA) is 61.9 Å². The van der Waals surface area contributed by atoms with Crippen molar-refractivity contribution < 1.29 is 4.79 Å². The van der Waals surface area contributed by atoms with Crippen molar-refractivity contribution >= 4 is 28.5 Å². The minimum Gasteiger partial charge on any atom is -0.340 e. The molecule has 1 fully saturated rings. The van der Waals surface area contributed by atoms with Gasteiger partial charge in [0.1, 0.15) is 5.82 Å². The number of hydrogen-bond acceptors (Lipinski definition) is 3. The SMILES string of the molecule is Cc1cc(C(=O)N2CCCC2(C)c2nc3c(C)c(Cl)ccc3[nH]2)c(-c2ccccc2)cn1. The molecule has 6 heteroatoms. The maximum atomic E-state index is 14.0. The number of rotatable bonds is 3. The molecule has 1 unspecified atom stereocenters. The van der Waals surface area contributed by atoms with Crippen molar-refractivity contribution in [2.24, 2.45) is 0 Å². The van der Waals surface area contributed by atoms with E-state index in [9.17, 15) is 4.79 Å². The molecule has 162 valence electrons. The molecule has 0 radical (unpaired) electrons. The van der Waals surface area contributed by atoms with Gasteiger partial charge in [-0.25, -0.2) is 4.98 Å². The van der Waals surface area contributed by atoms with E-state index in [-0.39, 0.29) is 5.91 Å². The lowest BCUT2D eigenvalue weighted by Crippen LogP contribution is -2.43. The Morgan fingerprint density at radius 2 is 1.94 bits per heavy atom. The molecule has 1 atom stereocenters. The number of halogens is 1. The third-order valence-corrected chi connectivity index (χ3v) is 7.00. The van der Waals surface area contributed by atoms with Crippen LogP contribution >= 0.6 is 11.6 Å². The largest absolute Gasteiger partial charge is 0.340 e. The number of aryl methyl sites for hydroxylation is 2. The van der Waals surface area contributed by atoms with Crippen molar-refractivity contribution in [3.8, 4) is 11.1 Å². The van der Waals surface area contributed by atoms with Crippen LogP contribution in [0.1, 0.15) is 47.2 Å². The van der Waals surface area contributed by atoms with Crippen LogP contribution in [0.15, 0.2) is 54.7 Å². The first-order valence-corrected chi connectivity index (χ1v) is 11.3. The van der Waals surface area contributed by atoms with Crippen molar-refractivity contribution in [3.63, 3.8) is 0 Å². The lowest BCUT2D eigenvalue weighted by Gasteiger charge is -2.34. The third kappa shape index (κ3) is 3.28. The number of aromatic amines is 1. The van der Waals surface area contributed by atoms with Crippen LogP contribution in [-0.2, 0) is 5.54 Å². The number of pyridine rings is 1. The van der Waals surface area contributed by atoms with Gasteiger partial charge in [-0.3, -0.25) is 9.78 Å². The average molecular weight is 445 g/mol. The van der Waals surface area contributed by atoms with Crippen LogP contribution < -0.4 is 0 Å². The van der Waals surface area contributed by atoms with E-state index in [1.54, 1.807) is 6.20 Å². The van der Waals surface area contributed by atoms with E-state index >= 15 is 0 Å². The summed E-state index contributed by atoms with van der Waals surface area (Å²) in [4.78, 5) is 28.7. The Labute approximate surface area is 192 Å². The number of aromatic nitrogens is 3. The highest BCUT2D eigenvalue weighted by molar-refractivity contribution is 6.32. The summed E-state index contributed by atoms with van der Waals surface area (Å²) in [6.07, 6.45) is 3.57. The van der Waals surface area contributed by atoms with E-state index in [1.807, 2.05) is 67.3 Å². The summed E-state index contributed by atoms with van der Waals surface area (Å²) < 4.78 is 0. The van der Waals surface area contributed by atoms with Crippen molar-refractivity contribution in [1.29, 1.82) is 0 Å². The van der Waals surface area contributed by atoms with Gasteiger partial charge >= 0.3 is 0 Å². The number of H-pyrrole nitrogens is 1. The van der Waals surface area contributed by atoms with Gasteiger partial charge in [0.05, 0.1) is 22.1 Å². The molecule has 1 aliphatic heterocycles. The molecule has 5 rings (SSSR count). The van der Waals surface area contributed by atoms with Gasteiger partial charge in [-0.1, -0.05) is 41.9 Å². The number of fused-ring (bicyclic) bond motifs is 1. The zero-order chi connectivity index (χ0) is 22.5. The average Bonchev–Trinajstić information content (AvgIpc) is 3.42. The highest BCUT2D eigenvalue weighted by Crippen LogP contribution is 2.40. The van der Waals surface area contributed by atoms with E-state index in [0.29, 0.717) is 17.1 Å². The predicted octanol–water partition coefficient (Wildman–Crippen LogP) is 6.05. The minimum absolute atomic E-state index is 0.00423. The summed E-state index contributed by atoms with van der Waals surface area (Å²) in [5.41, 5.74) is 5.54. The molecular formula is C26H25ClN4O. The zero-order valence-electron chi connectivity index (χ0n) is 18.4. The first-order chi connectivity index (χ1) is 15.4. The quantitative estimate of drug-likeness (QED) is 0.418. The molecule has 1 aliphatic rings. The van der Waals surface area contributed by atoms with Crippen LogP contribution in [0, 0.1) is 13.8 Å². The first-order valence-electron chi connectivity index (χ1n) is 10.9. The Bertz CT molecular complexity index is 1330. The molecule has 0 saturated carbocycles. The van der Waals surface area contributed by atoms with E-state index in [1.165, 1.54) is 0 Å². The molecule has 0 aliphatic carbocycles. The number of nitrogens with zero attached hydrogens (tertiary/aromatic N) is 3. The van der Waals surface area contributed by atoms with Crippen LogP contribution in [0.4, 0.5) is 0 Å². The smallest absolute Gasteiger partial charge is 0.255 e. The predicted molar refractivity (Wildman–Crippen MR) is 128 cm³/mol. The molecule has 5 nitrogen and oxygen atoms in total. The highest BCUT2D eigenvalue weighted by Gasteiger charge is 2.44.